The van der Waals surface area contributed by atoms with E-state index in [4.69, 9.17) is 5.11 Å². The molecule has 0 saturated carbocycles. The van der Waals surface area contributed by atoms with Gasteiger partial charge in [0, 0.05) is 30.3 Å². The Balaban J connectivity index is 2.24. The van der Waals surface area contributed by atoms with Crippen LogP contribution in [0.5, 0.6) is 0 Å². The molecular formula is C15H23NO3. The average Bonchev–Trinajstić information content (AvgIpc) is 2.36. The lowest BCUT2D eigenvalue weighted by atomic mass is 9.78. The third-order valence-electron chi connectivity index (χ3n) is 4.67. The summed E-state index contributed by atoms with van der Waals surface area (Å²) in [5.41, 5.74) is 0.429. The number of piperidine rings is 2. The molecule has 0 aromatic carbocycles. The van der Waals surface area contributed by atoms with Gasteiger partial charge in [-0.3, -0.25) is 9.69 Å². The van der Waals surface area contributed by atoms with Crippen LogP contribution in [0.2, 0.25) is 0 Å². The third-order valence-corrected chi connectivity index (χ3v) is 4.67. The number of hydrogen-bond donors (Lipinski definition) is 1. The first kappa shape index (κ1) is 14.3. The highest BCUT2D eigenvalue weighted by molar-refractivity contribution is 5.89. The van der Waals surface area contributed by atoms with Crippen molar-refractivity contribution in [2.75, 3.05) is 6.54 Å². The first-order valence-electron chi connectivity index (χ1n) is 7.18. The number of carbonyl (C=O) groups excluding carboxylic acids is 1. The molecule has 2 aliphatic heterocycles. The fraction of sp³-hybridized carbons (Fsp3) is 0.733. The molecule has 2 aliphatic rings. The smallest absolute Gasteiger partial charge is 0.328 e. The molecule has 0 spiro atoms. The molecule has 0 aromatic rings. The van der Waals surface area contributed by atoms with Gasteiger partial charge in [-0.1, -0.05) is 13.8 Å². The Morgan fingerprint density at radius 1 is 1.21 bits per heavy atom. The molecule has 0 aliphatic carbocycles. The standard InChI is InChI=1S/C15H23NO3/c1-10-3-5-13-11(2)4-6-14(16(13)8-10)12(9-17)7-15(18)19/h7,9-11,13-14H,3-6,8H2,1-2H3,(H,18,19)/b12-7-/t10-,11+,13-,14-/m0/s1. The molecule has 2 saturated heterocycles. The van der Waals surface area contributed by atoms with Crippen LogP contribution >= 0.6 is 0 Å². The molecule has 0 radical (unpaired) electrons. The van der Waals surface area contributed by atoms with Crippen molar-refractivity contribution in [3.63, 3.8) is 0 Å². The van der Waals surface area contributed by atoms with E-state index in [2.05, 4.69) is 18.7 Å². The van der Waals surface area contributed by atoms with E-state index in [1.807, 2.05) is 0 Å². The zero-order valence-corrected chi connectivity index (χ0v) is 11.7. The molecule has 0 unspecified atom stereocenters. The van der Waals surface area contributed by atoms with E-state index in [0.29, 0.717) is 23.5 Å². The quantitative estimate of drug-likeness (QED) is 0.627. The van der Waals surface area contributed by atoms with Crippen LogP contribution in [-0.4, -0.2) is 40.9 Å². The predicted octanol–water partition coefficient (Wildman–Crippen LogP) is 2.10. The predicted molar refractivity (Wildman–Crippen MR) is 72.9 cm³/mol. The number of carbonyl (C=O) groups is 2. The maximum atomic E-state index is 11.2. The highest BCUT2D eigenvalue weighted by Crippen LogP contribution is 2.37. The minimum Gasteiger partial charge on any atom is -0.478 e. The lowest BCUT2D eigenvalue weighted by Gasteiger charge is -2.50. The second kappa shape index (κ2) is 5.87. The molecule has 0 amide bonds. The summed E-state index contributed by atoms with van der Waals surface area (Å²) in [6, 6.07) is 0.504. The first-order chi connectivity index (χ1) is 9.02. The lowest BCUT2D eigenvalue weighted by molar-refractivity contribution is -0.131. The maximum absolute atomic E-state index is 11.2. The fourth-order valence-electron chi connectivity index (χ4n) is 3.67. The van der Waals surface area contributed by atoms with E-state index in [9.17, 15) is 9.59 Å². The summed E-state index contributed by atoms with van der Waals surface area (Å²) in [5, 5.41) is 8.89. The van der Waals surface area contributed by atoms with Crippen LogP contribution in [0.3, 0.4) is 0 Å². The van der Waals surface area contributed by atoms with Gasteiger partial charge in [-0.15, -0.1) is 0 Å². The molecule has 0 aromatic heterocycles. The number of rotatable bonds is 3. The van der Waals surface area contributed by atoms with E-state index < -0.39 is 5.97 Å². The molecule has 4 heteroatoms. The summed E-state index contributed by atoms with van der Waals surface area (Å²) in [6.45, 7) is 5.48. The Morgan fingerprint density at radius 3 is 2.58 bits per heavy atom. The van der Waals surface area contributed by atoms with Crippen LogP contribution in [0, 0.1) is 11.8 Å². The molecule has 4 nitrogen and oxygen atoms in total. The number of carboxylic acid groups (broad SMARTS) is 1. The summed E-state index contributed by atoms with van der Waals surface area (Å²) in [5.74, 6) is 0.241. The van der Waals surface area contributed by atoms with Crippen molar-refractivity contribution in [1.29, 1.82) is 0 Å². The van der Waals surface area contributed by atoms with Gasteiger partial charge in [-0.05, 0) is 37.5 Å². The van der Waals surface area contributed by atoms with Crippen molar-refractivity contribution in [2.24, 2.45) is 11.8 Å². The fourth-order valence-corrected chi connectivity index (χ4v) is 3.67. The van der Waals surface area contributed by atoms with Gasteiger partial charge in [-0.2, -0.15) is 0 Å². The van der Waals surface area contributed by atoms with Crippen molar-refractivity contribution < 1.29 is 14.7 Å². The molecule has 4 atom stereocenters. The number of carboxylic acids is 1. The van der Waals surface area contributed by atoms with Crippen LogP contribution in [0.25, 0.3) is 0 Å². The summed E-state index contributed by atoms with van der Waals surface area (Å²) < 4.78 is 0. The Labute approximate surface area is 114 Å². The molecule has 0 bridgehead atoms. The SMILES string of the molecule is C[C@H]1CC[C@H]2[C@H](C)CC[C@@H](/C(C=O)=C\C(=O)O)N2C1. The summed E-state index contributed by atoms with van der Waals surface area (Å²) in [4.78, 5) is 24.4. The van der Waals surface area contributed by atoms with Crippen LogP contribution < -0.4 is 0 Å². The highest BCUT2D eigenvalue weighted by Gasteiger charge is 2.39. The van der Waals surface area contributed by atoms with Gasteiger partial charge in [0.2, 0.25) is 0 Å². The van der Waals surface area contributed by atoms with Gasteiger partial charge in [0.1, 0.15) is 6.29 Å². The molecule has 2 fully saturated rings. The van der Waals surface area contributed by atoms with Crippen molar-refractivity contribution in [3.05, 3.63) is 11.6 Å². The summed E-state index contributed by atoms with van der Waals surface area (Å²) in [7, 11) is 0. The zero-order chi connectivity index (χ0) is 14.0. The van der Waals surface area contributed by atoms with E-state index in [1.165, 1.54) is 6.42 Å². The van der Waals surface area contributed by atoms with E-state index in [1.54, 1.807) is 0 Å². The molecular weight excluding hydrogens is 242 g/mol. The van der Waals surface area contributed by atoms with Crippen molar-refractivity contribution in [2.45, 2.75) is 51.6 Å². The van der Waals surface area contributed by atoms with E-state index in [-0.39, 0.29) is 6.04 Å². The monoisotopic (exact) mass is 265 g/mol. The number of nitrogens with zero attached hydrogens (tertiary/aromatic N) is 1. The Kier molecular flexibility index (Phi) is 4.40. The molecule has 1 N–H and O–H groups in total. The van der Waals surface area contributed by atoms with Gasteiger partial charge in [-0.25, -0.2) is 4.79 Å². The lowest BCUT2D eigenvalue weighted by Crippen LogP contribution is -2.55. The van der Waals surface area contributed by atoms with Crippen LogP contribution in [0.15, 0.2) is 11.6 Å². The van der Waals surface area contributed by atoms with Gasteiger partial charge in [0.25, 0.3) is 0 Å². The number of aldehydes is 1. The molecule has 2 heterocycles. The second-order valence-electron chi connectivity index (χ2n) is 6.12. The minimum absolute atomic E-state index is 0.00227. The minimum atomic E-state index is -1.03. The largest absolute Gasteiger partial charge is 0.478 e. The molecule has 2 rings (SSSR count). The normalized spacial score (nSPS) is 36.6. The summed E-state index contributed by atoms with van der Waals surface area (Å²) in [6.07, 6.45) is 6.18. The van der Waals surface area contributed by atoms with E-state index >= 15 is 0 Å². The van der Waals surface area contributed by atoms with Crippen LogP contribution in [0.1, 0.15) is 39.5 Å². The number of aliphatic carboxylic acids is 1. The second-order valence-corrected chi connectivity index (χ2v) is 6.12. The first-order valence-corrected chi connectivity index (χ1v) is 7.18. The average molecular weight is 265 g/mol. The summed E-state index contributed by atoms with van der Waals surface area (Å²) >= 11 is 0. The van der Waals surface area contributed by atoms with Crippen molar-refractivity contribution >= 4 is 12.3 Å². The Hall–Kier alpha value is -1.16. The van der Waals surface area contributed by atoms with Gasteiger partial charge >= 0.3 is 5.97 Å². The van der Waals surface area contributed by atoms with Crippen molar-refractivity contribution in [3.8, 4) is 0 Å². The topological polar surface area (TPSA) is 57.6 Å². The van der Waals surface area contributed by atoms with Crippen LogP contribution in [-0.2, 0) is 9.59 Å². The number of fused-ring (bicyclic) bond motifs is 1. The Bertz CT molecular complexity index is 391. The highest BCUT2D eigenvalue weighted by atomic mass is 16.4. The van der Waals surface area contributed by atoms with Gasteiger partial charge < -0.3 is 5.11 Å². The number of hydrogen-bond acceptors (Lipinski definition) is 3. The van der Waals surface area contributed by atoms with Gasteiger partial charge in [0.05, 0.1) is 0 Å². The van der Waals surface area contributed by atoms with Crippen LogP contribution in [0.4, 0.5) is 0 Å². The Morgan fingerprint density at radius 2 is 1.95 bits per heavy atom. The molecule has 19 heavy (non-hydrogen) atoms. The van der Waals surface area contributed by atoms with Gasteiger partial charge in [0.15, 0.2) is 0 Å². The maximum Gasteiger partial charge on any atom is 0.328 e. The van der Waals surface area contributed by atoms with E-state index in [0.717, 1.165) is 38.2 Å². The van der Waals surface area contributed by atoms with Crippen molar-refractivity contribution in [1.82, 2.24) is 4.90 Å². The third kappa shape index (κ3) is 3.06. The molecule has 106 valence electrons. The zero-order valence-electron chi connectivity index (χ0n) is 11.7.